The van der Waals surface area contributed by atoms with Crippen LogP contribution in [-0.4, -0.2) is 48.0 Å². The van der Waals surface area contributed by atoms with Crippen molar-refractivity contribution in [3.8, 4) is 5.69 Å². The van der Waals surface area contributed by atoms with Crippen LogP contribution >= 0.6 is 0 Å². The third kappa shape index (κ3) is 3.66. The summed E-state index contributed by atoms with van der Waals surface area (Å²) in [6.45, 7) is 1.68. The lowest BCUT2D eigenvalue weighted by Gasteiger charge is -2.26. The average Bonchev–Trinajstić information content (AvgIpc) is 3.47. The molecule has 3 heterocycles. The molecular formula is C23H24N4O3S. The van der Waals surface area contributed by atoms with Crippen molar-refractivity contribution in [3.63, 3.8) is 0 Å². The molecule has 2 aromatic carbocycles. The van der Waals surface area contributed by atoms with E-state index >= 15 is 0 Å². The number of benzene rings is 2. The lowest BCUT2D eigenvalue weighted by Crippen LogP contribution is -2.35. The molecule has 1 saturated heterocycles. The number of rotatable bonds is 4. The Labute approximate surface area is 182 Å². The highest BCUT2D eigenvalue weighted by molar-refractivity contribution is 7.89. The third-order valence-electron chi connectivity index (χ3n) is 5.99. The molecule has 0 aliphatic carbocycles. The molecular weight excluding hydrogens is 412 g/mol. The van der Waals surface area contributed by atoms with Crippen molar-refractivity contribution in [1.29, 1.82) is 0 Å². The first-order chi connectivity index (χ1) is 15.0. The zero-order chi connectivity index (χ0) is 21.4. The lowest BCUT2D eigenvalue weighted by atomic mass is 10.2. The minimum atomic E-state index is -3.48. The Kier molecular flexibility index (Phi) is 5.11. The van der Waals surface area contributed by atoms with E-state index in [9.17, 15) is 13.2 Å². The van der Waals surface area contributed by atoms with Gasteiger partial charge in [-0.2, -0.15) is 9.40 Å². The first kappa shape index (κ1) is 20.0. The normalized spacial score (nSPS) is 17.0. The summed E-state index contributed by atoms with van der Waals surface area (Å²) in [5.41, 5.74) is 3.05. The Hall–Kier alpha value is -2.97. The van der Waals surface area contributed by atoms with E-state index in [1.54, 1.807) is 44.5 Å². The van der Waals surface area contributed by atoms with E-state index in [4.69, 9.17) is 0 Å². The topological polar surface area (TPSA) is 75.5 Å². The van der Waals surface area contributed by atoms with Gasteiger partial charge in [-0.1, -0.05) is 24.6 Å². The molecule has 0 unspecified atom stereocenters. The molecule has 0 bridgehead atoms. The Morgan fingerprint density at radius 3 is 2.48 bits per heavy atom. The smallest absolute Gasteiger partial charge is 0.261 e. The number of sulfonamides is 1. The summed E-state index contributed by atoms with van der Waals surface area (Å²) < 4.78 is 29.2. The van der Waals surface area contributed by atoms with Crippen LogP contribution in [0, 0.1) is 0 Å². The Balaban J connectivity index is 1.39. The number of hydrogen-bond acceptors (Lipinski definition) is 4. The van der Waals surface area contributed by atoms with Gasteiger partial charge in [0.2, 0.25) is 10.0 Å². The second-order valence-electron chi connectivity index (χ2n) is 7.97. The van der Waals surface area contributed by atoms with E-state index in [2.05, 4.69) is 5.10 Å². The maximum Gasteiger partial charge on any atom is 0.261 e. The average molecular weight is 437 g/mol. The monoisotopic (exact) mass is 436 g/mol. The molecule has 2 aliphatic rings. The van der Waals surface area contributed by atoms with Gasteiger partial charge in [-0.05, 0) is 55.2 Å². The van der Waals surface area contributed by atoms with Crippen molar-refractivity contribution in [2.45, 2.75) is 30.6 Å². The van der Waals surface area contributed by atoms with Crippen molar-refractivity contribution < 1.29 is 13.2 Å². The maximum atomic E-state index is 13.1. The quantitative estimate of drug-likeness (QED) is 0.629. The molecule has 0 N–H and O–H groups in total. The van der Waals surface area contributed by atoms with Crippen LogP contribution < -0.4 is 4.90 Å². The fraction of sp³-hybridized carbons (Fsp3) is 0.304. The summed E-state index contributed by atoms with van der Waals surface area (Å²) in [5.74, 6) is -0.132. The standard InChI is InChI=1S/C23H24N4O3S/c28-23(19-16-24-27(17-19)20-7-3-1-4-8-20)26-14-11-18-15-21(9-10-22(18)26)31(29,30)25-12-5-2-6-13-25/h1,3-4,7-10,15-17H,2,5-6,11-14H2. The van der Waals surface area contributed by atoms with Crippen LogP contribution in [-0.2, 0) is 16.4 Å². The van der Waals surface area contributed by atoms with Crippen LogP contribution in [0.25, 0.3) is 5.69 Å². The zero-order valence-electron chi connectivity index (χ0n) is 17.1. The van der Waals surface area contributed by atoms with Crippen LogP contribution in [0.5, 0.6) is 0 Å². The van der Waals surface area contributed by atoms with Gasteiger partial charge < -0.3 is 4.90 Å². The Morgan fingerprint density at radius 2 is 1.71 bits per heavy atom. The van der Waals surface area contributed by atoms with E-state index < -0.39 is 10.0 Å². The van der Waals surface area contributed by atoms with Crippen LogP contribution in [0.15, 0.2) is 65.8 Å². The van der Waals surface area contributed by atoms with Gasteiger partial charge in [0.25, 0.3) is 5.91 Å². The second-order valence-corrected chi connectivity index (χ2v) is 9.91. The molecule has 8 heteroatoms. The fourth-order valence-corrected chi connectivity index (χ4v) is 5.88. The first-order valence-electron chi connectivity index (χ1n) is 10.6. The molecule has 1 amide bonds. The third-order valence-corrected chi connectivity index (χ3v) is 7.89. The molecule has 160 valence electrons. The summed E-state index contributed by atoms with van der Waals surface area (Å²) in [5, 5.41) is 4.32. The molecule has 5 rings (SSSR count). The zero-order valence-corrected chi connectivity index (χ0v) is 18.0. The van der Waals surface area contributed by atoms with Crippen molar-refractivity contribution in [2.24, 2.45) is 0 Å². The second kappa shape index (κ2) is 7.94. The predicted octanol–water partition coefficient (Wildman–Crippen LogP) is 3.25. The van der Waals surface area contributed by atoms with E-state index in [1.165, 1.54) is 0 Å². The Morgan fingerprint density at radius 1 is 0.935 bits per heavy atom. The molecule has 31 heavy (non-hydrogen) atoms. The molecule has 0 spiro atoms. The first-order valence-corrected chi connectivity index (χ1v) is 12.0. The van der Waals surface area contributed by atoms with Gasteiger partial charge in [-0.15, -0.1) is 0 Å². The van der Waals surface area contributed by atoms with Crippen molar-refractivity contribution >= 4 is 21.6 Å². The number of amides is 1. The largest absolute Gasteiger partial charge is 0.308 e. The molecule has 3 aromatic rings. The molecule has 7 nitrogen and oxygen atoms in total. The highest BCUT2D eigenvalue weighted by Gasteiger charge is 2.30. The minimum Gasteiger partial charge on any atom is -0.308 e. The van der Waals surface area contributed by atoms with Gasteiger partial charge in [-0.3, -0.25) is 4.79 Å². The van der Waals surface area contributed by atoms with E-state index in [0.717, 1.165) is 36.2 Å². The molecule has 1 fully saturated rings. The number of piperidine rings is 1. The van der Waals surface area contributed by atoms with Crippen LogP contribution in [0.2, 0.25) is 0 Å². The van der Waals surface area contributed by atoms with E-state index in [0.29, 0.717) is 36.5 Å². The van der Waals surface area contributed by atoms with Gasteiger partial charge in [0.1, 0.15) is 0 Å². The highest BCUT2D eigenvalue weighted by atomic mass is 32.2. The van der Waals surface area contributed by atoms with Crippen molar-refractivity contribution in [1.82, 2.24) is 14.1 Å². The van der Waals surface area contributed by atoms with Gasteiger partial charge in [-0.25, -0.2) is 13.1 Å². The number of carbonyl (C=O) groups excluding carboxylic acids is 1. The summed E-state index contributed by atoms with van der Waals surface area (Å²) >= 11 is 0. The maximum absolute atomic E-state index is 13.1. The van der Waals surface area contributed by atoms with Crippen molar-refractivity contribution in [2.75, 3.05) is 24.5 Å². The molecule has 0 saturated carbocycles. The van der Waals surface area contributed by atoms with Crippen molar-refractivity contribution in [3.05, 3.63) is 72.1 Å². The van der Waals surface area contributed by atoms with Crippen LogP contribution in [0.1, 0.15) is 35.2 Å². The summed E-state index contributed by atoms with van der Waals surface area (Å²) in [7, 11) is -3.48. The van der Waals surface area contributed by atoms with Crippen LogP contribution in [0.4, 0.5) is 5.69 Å². The Bertz CT molecular complexity index is 1210. The van der Waals surface area contributed by atoms with Gasteiger partial charge in [0, 0.05) is 31.5 Å². The number of aromatic nitrogens is 2. The number of para-hydroxylation sites is 1. The number of nitrogens with zero attached hydrogens (tertiary/aromatic N) is 4. The molecule has 0 radical (unpaired) electrons. The molecule has 1 aromatic heterocycles. The molecule has 2 aliphatic heterocycles. The van der Waals surface area contributed by atoms with Gasteiger partial charge in [0.05, 0.1) is 22.3 Å². The van der Waals surface area contributed by atoms with Crippen LogP contribution in [0.3, 0.4) is 0 Å². The summed E-state index contributed by atoms with van der Waals surface area (Å²) in [4.78, 5) is 15.2. The van der Waals surface area contributed by atoms with E-state index in [1.807, 2.05) is 30.3 Å². The lowest BCUT2D eigenvalue weighted by molar-refractivity contribution is 0.0989. The van der Waals surface area contributed by atoms with Gasteiger partial charge >= 0.3 is 0 Å². The van der Waals surface area contributed by atoms with Gasteiger partial charge in [0.15, 0.2) is 0 Å². The predicted molar refractivity (Wildman–Crippen MR) is 118 cm³/mol. The number of carbonyl (C=O) groups is 1. The summed E-state index contributed by atoms with van der Waals surface area (Å²) in [6.07, 6.45) is 6.82. The number of fused-ring (bicyclic) bond motifs is 1. The summed E-state index contributed by atoms with van der Waals surface area (Å²) in [6, 6.07) is 14.8. The molecule has 0 atom stereocenters. The minimum absolute atomic E-state index is 0.132. The number of anilines is 1. The number of hydrogen-bond donors (Lipinski definition) is 0. The SMILES string of the molecule is O=C(c1cnn(-c2ccccc2)c1)N1CCc2cc(S(=O)(=O)N3CCCCC3)ccc21. The fourth-order valence-electron chi connectivity index (χ4n) is 4.31. The van der Waals surface area contributed by atoms with E-state index in [-0.39, 0.29) is 5.91 Å². The highest BCUT2D eigenvalue weighted by Crippen LogP contribution is 2.32.